The second-order valence-corrected chi connectivity index (χ2v) is 11.2. The second-order valence-electron chi connectivity index (χ2n) is 9.52. The summed E-state index contributed by atoms with van der Waals surface area (Å²) < 4.78 is 6.62. The van der Waals surface area contributed by atoms with Crippen LogP contribution in [-0.4, -0.2) is 34.9 Å². The summed E-state index contributed by atoms with van der Waals surface area (Å²) in [5, 5.41) is 3.84. The maximum Gasteiger partial charge on any atom is 0.261 e. The first-order valence-electron chi connectivity index (χ1n) is 11.3. The van der Waals surface area contributed by atoms with Crippen molar-refractivity contribution in [1.29, 1.82) is 0 Å². The summed E-state index contributed by atoms with van der Waals surface area (Å²) in [6.07, 6.45) is 0.419. The molecular formula is C26H33BrCl2N2O3. The number of rotatable bonds is 9. The number of benzene rings is 2. The summed E-state index contributed by atoms with van der Waals surface area (Å²) in [6.45, 7) is 11.6. The van der Waals surface area contributed by atoms with Crippen LogP contribution in [0.4, 0.5) is 0 Å². The van der Waals surface area contributed by atoms with Gasteiger partial charge in [0, 0.05) is 27.7 Å². The molecule has 2 aromatic carbocycles. The van der Waals surface area contributed by atoms with Gasteiger partial charge in [0.1, 0.15) is 11.8 Å². The first-order chi connectivity index (χ1) is 15.8. The summed E-state index contributed by atoms with van der Waals surface area (Å²) in [5.41, 5.74) is 1.30. The van der Waals surface area contributed by atoms with Crippen LogP contribution in [0.15, 0.2) is 40.9 Å². The van der Waals surface area contributed by atoms with E-state index < -0.39 is 11.6 Å². The van der Waals surface area contributed by atoms with Gasteiger partial charge in [0.2, 0.25) is 5.91 Å². The number of nitrogens with one attached hydrogen (secondary N) is 1. The minimum Gasteiger partial charge on any atom is -0.483 e. The number of carbonyl (C=O) groups excluding carboxylic acids is 2. The van der Waals surface area contributed by atoms with Gasteiger partial charge in [0.15, 0.2) is 6.61 Å². The van der Waals surface area contributed by atoms with E-state index in [1.807, 2.05) is 45.9 Å². The molecule has 0 saturated heterocycles. The van der Waals surface area contributed by atoms with Gasteiger partial charge in [-0.2, -0.15) is 0 Å². The molecular weight excluding hydrogens is 539 g/mol. The third-order valence-corrected chi connectivity index (χ3v) is 6.58. The Bertz CT molecular complexity index is 1000. The van der Waals surface area contributed by atoms with Crippen LogP contribution >= 0.6 is 39.1 Å². The Hall–Kier alpha value is -1.76. The van der Waals surface area contributed by atoms with Crippen LogP contribution < -0.4 is 10.1 Å². The van der Waals surface area contributed by atoms with Gasteiger partial charge in [-0.25, -0.2) is 0 Å². The fourth-order valence-corrected chi connectivity index (χ4v) is 4.47. The molecule has 0 aromatic heterocycles. The van der Waals surface area contributed by atoms with Gasteiger partial charge in [-0.1, -0.05) is 56.1 Å². The predicted octanol–water partition coefficient (Wildman–Crippen LogP) is 6.98. The van der Waals surface area contributed by atoms with Crippen molar-refractivity contribution in [3.05, 3.63) is 62.0 Å². The normalized spacial score (nSPS) is 12.4. The molecule has 34 heavy (non-hydrogen) atoms. The average Bonchev–Trinajstić information content (AvgIpc) is 2.73. The van der Waals surface area contributed by atoms with Crippen molar-refractivity contribution >= 4 is 50.9 Å². The number of hydrogen-bond acceptors (Lipinski definition) is 3. The van der Waals surface area contributed by atoms with E-state index in [4.69, 9.17) is 27.9 Å². The lowest BCUT2D eigenvalue weighted by molar-refractivity contribution is -0.143. The Morgan fingerprint density at radius 2 is 1.74 bits per heavy atom. The number of ether oxygens (including phenoxy) is 1. The molecule has 0 aliphatic carbocycles. The van der Waals surface area contributed by atoms with Crippen LogP contribution in [-0.2, 0) is 16.1 Å². The van der Waals surface area contributed by atoms with E-state index in [1.165, 1.54) is 4.90 Å². The van der Waals surface area contributed by atoms with Gasteiger partial charge < -0.3 is 15.0 Å². The fraction of sp³-hybridized carbons (Fsp3) is 0.462. The number of hydrogen-bond donors (Lipinski definition) is 1. The minimum absolute atomic E-state index is 0.0875. The Morgan fingerprint density at radius 3 is 2.24 bits per heavy atom. The van der Waals surface area contributed by atoms with E-state index in [0.29, 0.717) is 33.7 Å². The van der Waals surface area contributed by atoms with E-state index in [2.05, 4.69) is 35.1 Å². The van der Waals surface area contributed by atoms with Gasteiger partial charge in [-0.15, -0.1) is 0 Å². The predicted molar refractivity (Wildman–Crippen MR) is 143 cm³/mol. The molecule has 1 N–H and O–H groups in total. The van der Waals surface area contributed by atoms with Crippen molar-refractivity contribution in [2.75, 3.05) is 6.61 Å². The van der Waals surface area contributed by atoms with E-state index in [0.717, 1.165) is 10.0 Å². The molecule has 0 saturated carbocycles. The second kappa shape index (κ2) is 12.3. The van der Waals surface area contributed by atoms with Crippen molar-refractivity contribution in [3.63, 3.8) is 0 Å². The highest BCUT2D eigenvalue weighted by atomic mass is 79.9. The highest BCUT2D eigenvalue weighted by Gasteiger charge is 2.31. The van der Waals surface area contributed by atoms with Gasteiger partial charge in [-0.3, -0.25) is 9.59 Å². The average molecular weight is 572 g/mol. The maximum atomic E-state index is 13.4. The standard InChI is InChI=1S/C26H33BrCl2N2O3/c1-7-22(25(33)30-26(4,5)6)31(14-18-20(28)9-8-10-21(18)29)24(32)15-34-23-12-11-17(16(2)3)13-19(23)27/h8-13,16,22H,7,14-15H2,1-6H3,(H,30,33)/t22-/m1/s1. The fourth-order valence-electron chi connectivity index (χ4n) is 3.44. The van der Waals surface area contributed by atoms with E-state index in [1.54, 1.807) is 18.2 Å². The molecule has 8 heteroatoms. The summed E-state index contributed by atoms with van der Waals surface area (Å²) in [4.78, 5) is 28.0. The van der Waals surface area contributed by atoms with E-state index in [-0.39, 0.29) is 25.0 Å². The van der Waals surface area contributed by atoms with Crippen molar-refractivity contribution < 1.29 is 14.3 Å². The van der Waals surface area contributed by atoms with Gasteiger partial charge in [0.25, 0.3) is 5.91 Å². The molecule has 2 amide bonds. The molecule has 2 rings (SSSR count). The molecule has 0 fully saturated rings. The Kier molecular flexibility index (Phi) is 10.3. The topological polar surface area (TPSA) is 58.6 Å². The molecule has 5 nitrogen and oxygen atoms in total. The number of nitrogens with zero attached hydrogens (tertiary/aromatic N) is 1. The maximum absolute atomic E-state index is 13.4. The highest BCUT2D eigenvalue weighted by Crippen LogP contribution is 2.30. The van der Waals surface area contributed by atoms with Gasteiger partial charge >= 0.3 is 0 Å². The molecule has 1 atom stereocenters. The van der Waals surface area contributed by atoms with Crippen molar-refractivity contribution in [2.45, 2.75) is 72.0 Å². The van der Waals surface area contributed by atoms with Crippen LogP contribution in [0.25, 0.3) is 0 Å². The Morgan fingerprint density at radius 1 is 1.12 bits per heavy atom. The molecule has 0 spiro atoms. The summed E-state index contributed by atoms with van der Waals surface area (Å²) in [6, 6.07) is 10.3. The van der Waals surface area contributed by atoms with Crippen LogP contribution in [0.3, 0.4) is 0 Å². The zero-order valence-electron chi connectivity index (χ0n) is 20.5. The van der Waals surface area contributed by atoms with Crippen molar-refractivity contribution in [2.24, 2.45) is 0 Å². The molecule has 0 aliphatic rings. The third-order valence-electron chi connectivity index (χ3n) is 5.25. The van der Waals surface area contributed by atoms with Gasteiger partial charge in [-0.05, 0) is 78.9 Å². The van der Waals surface area contributed by atoms with Crippen LogP contribution in [0.2, 0.25) is 10.0 Å². The van der Waals surface area contributed by atoms with E-state index in [9.17, 15) is 9.59 Å². The monoisotopic (exact) mass is 570 g/mol. The highest BCUT2D eigenvalue weighted by molar-refractivity contribution is 9.10. The lowest BCUT2D eigenvalue weighted by Crippen LogP contribution is -2.54. The zero-order valence-corrected chi connectivity index (χ0v) is 23.6. The summed E-state index contributed by atoms with van der Waals surface area (Å²) >= 11 is 16.3. The van der Waals surface area contributed by atoms with Crippen LogP contribution in [0, 0.1) is 0 Å². The molecule has 0 unspecified atom stereocenters. The summed E-state index contributed by atoms with van der Waals surface area (Å²) in [7, 11) is 0. The zero-order chi connectivity index (χ0) is 25.6. The minimum atomic E-state index is -0.713. The molecule has 0 heterocycles. The Balaban J connectivity index is 2.32. The molecule has 0 aliphatic heterocycles. The van der Waals surface area contributed by atoms with Crippen LogP contribution in [0.1, 0.15) is 65.0 Å². The molecule has 0 bridgehead atoms. The molecule has 186 valence electrons. The first-order valence-corrected chi connectivity index (χ1v) is 12.9. The van der Waals surface area contributed by atoms with Gasteiger partial charge in [0.05, 0.1) is 4.47 Å². The first kappa shape index (κ1) is 28.5. The molecule has 2 aromatic rings. The third kappa shape index (κ3) is 7.89. The smallest absolute Gasteiger partial charge is 0.261 e. The summed E-state index contributed by atoms with van der Waals surface area (Å²) in [5.74, 6) is 0.343. The number of amides is 2. The quantitative estimate of drug-likeness (QED) is 0.353. The SMILES string of the molecule is CC[C@H](C(=O)NC(C)(C)C)N(Cc1c(Cl)cccc1Cl)C(=O)COc1ccc(C(C)C)cc1Br. The lowest BCUT2D eigenvalue weighted by Gasteiger charge is -2.33. The van der Waals surface area contributed by atoms with Crippen molar-refractivity contribution in [3.8, 4) is 5.75 Å². The Labute approximate surface area is 221 Å². The van der Waals surface area contributed by atoms with E-state index >= 15 is 0 Å². The lowest BCUT2D eigenvalue weighted by atomic mass is 10.0. The number of halogens is 3. The van der Waals surface area contributed by atoms with Crippen molar-refractivity contribution in [1.82, 2.24) is 10.2 Å². The molecule has 0 radical (unpaired) electrons. The largest absolute Gasteiger partial charge is 0.483 e. The number of carbonyl (C=O) groups is 2. The van der Waals surface area contributed by atoms with Crippen LogP contribution in [0.5, 0.6) is 5.75 Å².